The Morgan fingerprint density at radius 3 is 0.930 bits per heavy atom. The van der Waals surface area contributed by atoms with E-state index in [1.165, 1.54) is 167 Å². The molecule has 0 aliphatic heterocycles. The third-order valence-corrected chi connectivity index (χ3v) is 16.3. The number of quaternary nitrogens is 1. The quantitative estimate of drug-likeness (QED) is 0.0195. The molecular formula is C76H134NO8P. The first-order valence-corrected chi connectivity index (χ1v) is 37.1. The highest BCUT2D eigenvalue weighted by Crippen LogP contribution is 2.38. The number of nitrogens with zero attached hydrogens (tertiary/aromatic N) is 1. The fourth-order valence-electron chi connectivity index (χ4n) is 9.91. The molecule has 9 nitrogen and oxygen atoms in total. The lowest BCUT2D eigenvalue weighted by Gasteiger charge is -2.28. The summed E-state index contributed by atoms with van der Waals surface area (Å²) < 4.78 is 34.3. The summed E-state index contributed by atoms with van der Waals surface area (Å²) in [5.74, 6) is -0.849. The van der Waals surface area contributed by atoms with Crippen molar-refractivity contribution < 1.29 is 42.1 Å². The molecule has 0 heterocycles. The van der Waals surface area contributed by atoms with E-state index in [2.05, 4.69) is 123 Å². The summed E-state index contributed by atoms with van der Waals surface area (Å²) in [7, 11) is 1.15. The molecule has 2 atom stereocenters. The molecule has 0 aromatic rings. The van der Waals surface area contributed by atoms with Crippen LogP contribution in [0.4, 0.5) is 0 Å². The fraction of sp³-hybridized carbons (Fsp3) is 0.737. The van der Waals surface area contributed by atoms with Crippen molar-refractivity contribution in [3.8, 4) is 0 Å². The second-order valence-corrected chi connectivity index (χ2v) is 26.2. The van der Waals surface area contributed by atoms with Gasteiger partial charge in [-0.1, -0.05) is 309 Å². The SMILES string of the molecule is CC/C=C\C/C=C\C/C=C\C/C=C\C/C=C\CCCCCCCC(=O)OC(COC(=O)CCCCCCCCCCCCCCCCCCCCCCCCCCCCCC/C=C\C/C=C\C/C=C\C/C=C\CC)COP(=O)([O-])OCC[N+](C)(C)C. The van der Waals surface area contributed by atoms with Crippen molar-refractivity contribution in [3.63, 3.8) is 0 Å². The van der Waals surface area contributed by atoms with Crippen molar-refractivity contribution in [1.29, 1.82) is 0 Å². The van der Waals surface area contributed by atoms with Gasteiger partial charge in [-0.25, -0.2) is 0 Å². The number of rotatable bonds is 65. The number of unbranched alkanes of at least 4 members (excludes halogenated alkanes) is 33. The molecular weight excluding hydrogens is 1090 g/mol. The molecule has 86 heavy (non-hydrogen) atoms. The number of hydrogen-bond acceptors (Lipinski definition) is 8. The summed E-state index contributed by atoms with van der Waals surface area (Å²) in [6, 6.07) is 0. The molecule has 0 fully saturated rings. The molecule has 0 amide bonds. The Morgan fingerprint density at radius 1 is 0.360 bits per heavy atom. The van der Waals surface area contributed by atoms with Gasteiger partial charge in [0.05, 0.1) is 27.7 Å². The highest BCUT2D eigenvalue weighted by atomic mass is 31.2. The van der Waals surface area contributed by atoms with Crippen LogP contribution in [0.15, 0.2) is 109 Å². The van der Waals surface area contributed by atoms with Crippen LogP contribution in [-0.4, -0.2) is 70.0 Å². The van der Waals surface area contributed by atoms with Gasteiger partial charge in [-0.2, -0.15) is 0 Å². The molecule has 0 saturated carbocycles. The van der Waals surface area contributed by atoms with Crippen molar-refractivity contribution in [1.82, 2.24) is 0 Å². The zero-order chi connectivity index (χ0) is 62.6. The van der Waals surface area contributed by atoms with Crippen LogP contribution in [0.2, 0.25) is 0 Å². The van der Waals surface area contributed by atoms with Crippen LogP contribution in [0.25, 0.3) is 0 Å². The molecule has 0 bridgehead atoms. The van der Waals surface area contributed by atoms with Crippen molar-refractivity contribution in [3.05, 3.63) is 109 Å². The molecule has 0 N–H and O–H groups in total. The zero-order valence-electron chi connectivity index (χ0n) is 56.5. The van der Waals surface area contributed by atoms with Gasteiger partial charge in [0, 0.05) is 12.8 Å². The Hall–Kier alpha value is -3.33. The Bertz CT molecular complexity index is 1820. The molecule has 10 heteroatoms. The van der Waals surface area contributed by atoms with Crippen molar-refractivity contribution in [2.24, 2.45) is 0 Å². The van der Waals surface area contributed by atoms with E-state index in [9.17, 15) is 19.0 Å². The number of carbonyl (C=O) groups excluding carboxylic acids is 2. The average molecular weight is 1220 g/mol. The number of phosphoric ester groups is 1. The normalized spacial score (nSPS) is 13.8. The van der Waals surface area contributed by atoms with E-state index in [0.29, 0.717) is 17.4 Å². The number of carbonyl (C=O) groups is 2. The van der Waals surface area contributed by atoms with Gasteiger partial charge >= 0.3 is 11.9 Å². The summed E-state index contributed by atoms with van der Waals surface area (Å²) in [6.45, 7) is 4.01. The van der Waals surface area contributed by atoms with Gasteiger partial charge in [-0.3, -0.25) is 14.2 Å². The number of likely N-dealkylation sites (N-methyl/N-ethyl adjacent to an activating group) is 1. The summed E-state index contributed by atoms with van der Waals surface area (Å²) in [5.41, 5.74) is 0. The van der Waals surface area contributed by atoms with E-state index in [4.69, 9.17) is 18.5 Å². The van der Waals surface area contributed by atoms with Crippen LogP contribution in [0.3, 0.4) is 0 Å². The number of ether oxygens (including phenoxy) is 2. The Morgan fingerprint density at radius 2 is 0.628 bits per heavy atom. The summed E-state index contributed by atoms with van der Waals surface area (Å²) in [5, 5.41) is 0. The van der Waals surface area contributed by atoms with Gasteiger partial charge in [-0.15, -0.1) is 0 Å². The first-order valence-electron chi connectivity index (χ1n) is 35.6. The van der Waals surface area contributed by atoms with Crippen LogP contribution in [-0.2, 0) is 32.7 Å². The van der Waals surface area contributed by atoms with Crippen molar-refractivity contribution >= 4 is 19.8 Å². The Balaban J connectivity index is 3.93. The monoisotopic (exact) mass is 1220 g/mol. The number of phosphoric acid groups is 1. The molecule has 0 rings (SSSR count). The van der Waals surface area contributed by atoms with Gasteiger partial charge < -0.3 is 27.9 Å². The molecule has 0 saturated heterocycles. The first-order chi connectivity index (χ1) is 42.0. The second-order valence-electron chi connectivity index (χ2n) is 24.8. The van der Waals surface area contributed by atoms with Crippen LogP contribution in [0, 0.1) is 0 Å². The largest absolute Gasteiger partial charge is 0.756 e. The van der Waals surface area contributed by atoms with E-state index >= 15 is 0 Å². The topological polar surface area (TPSA) is 111 Å². The molecule has 2 unspecified atom stereocenters. The van der Waals surface area contributed by atoms with E-state index in [0.717, 1.165) is 109 Å². The predicted octanol–water partition coefficient (Wildman–Crippen LogP) is 22.6. The smallest absolute Gasteiger partial charge is 0.306 e. The van der Waals surface area contributed by atoms with Crippen LogP contribution in [0.1, 0.15) is 309 Å². The highest BCUT2D eigenvalue weighted by Gasteiger charge is 2.22. The summed E-state index contributed by atoms with van der Waals surface area (Å²) >= 11 is 0. The molecule has 0 aromatic carbocycles. The first kappa shape index (κ1) is 82.7. The summed E-state index contributed by atoms with van der Waals surface area (Å²) in [4.78, 5) is 38.0. The fourth-order valence-corrected chi connectivity index (χ4v) is 10.6. The van der Waals surface area contributed by atoms with Crippen molar-refractivity contribution in [2.45, 2.75) is 315 Å². The highest BCUT2D eigenvalue weighted by molar-refractivity contribution is 7.45. The third-order valence-electron chi connectivity index (χ3n) is 15.3. The van der Waals surface area contributed by atoms with E-state index < -0.39 is 26.5 Å². The lowest BCUT2D eigenvalue weighted by Crippen LogP contribution is -2.37. The van der Waals surface area contributed by atoms with E-state index in [-0.39, 0.29) is 32.0 Å². The standard InChI is InChI=1S/C76H134NO8P/c1-6-8-10-12-14-16-18-20-22-24-26-28-29-30-31-32-33-34-35-36-37-38-39-40-41-42-43-44-45-46-47-49-50-52-54-56-58-60-62-64-66-68-75(78)82-72-74(73-84-86(80,81)83-71-70-77(3,4)5)85-76(79)69-67-65-63-61-59-57-55-53-51-48-27-25-23-21-19-17-15-13-11-9-7-2/h8-11,14-17,20-23,26-28,48,53,55,74H,6-7,12-13,18-19,24-25,29-47,49-52,54,56-73H2,1-5H3/b10-8-,11-9-,16-14-,17-15-,22-20-,23-21-,28-26-,48-27-,55-53-. The maximum Gasteiger partial charge on any atom is 0.306 e. The zero-order valence-corrected chi connectivity index (χ0v) is 57.4. The maximum atomic E-state index is 12.8. The van der Waals surface area contributed by atoms with Gasteiger partial charge in [0.25, 0.3) is 7.82 Å². The molecule has 0 aliphatic rings. The Kier molecular flexibility index (Phi) is 63.5. The number of esters is 2. The van der Waals surface area contributed by atoms with Crippen LogP contribution in [0.5, 0.6) is 0 Å². The van der Waals surface area contributed by atoms with E-state index in [1.54, 1.807) is 0 Å². The minimum atomic E-state index is -4.65. The van der Waals surface area contributed by atoms with Crippen molar-refractivity contribution in [2.75, 3.05) is 47.5 Å². The molecule has 0 aromatic heterocycles. The predicted molar refractivity (Wildman–Crippen MR) is 369 cm³/mol. The Labute approximate surface area is 531 Å². The minimum Gasteiger partial charge on any atom is -0.756 e. The second kappa shape index (κ2) is 66.1. The molecule has 0 spiro atoms. The molecule has 0 radical (unpaired) electrons. The maximum absolute atomic E-state index is 12.8. The minimum absolute atomic E-state index is 0.0379. The van der Waals surface area contributed by atoms with Gasteiger partial charge in [0.1, 0.15) is 19.8 Å². The lowest BCUT2D eigenvalue weighted by molar-refractivity contribution is -0.870. The van der Waals surface area contributed by atoms with E-state index in [1.807, 2.05) is 21.1 Å². The lowest BCUT2D eigenvalue weighted by atomic mass is 10.0. The van der Waals surface area contributed by atoms with Crippen LogP contribution < -0.4 is 4.89 Å². The van der Waals surface area contributed by atoms with Crippen LogP contribution >= 0.6 is 7.82 Å². The van der Waals surface area contributed by atoms with Gasteiger partial charge in [0.2, 0.25) is 0 Å². The number of allylic oxidation sites excluding steroid dienone is 18. The molecule has 0 aliphatic carbocycles. The average Bonchev–Trinajstić information content (AvgIpc) is 3.67. The number of hydrogen-bond donors (Lipinski definition) is 0. The molecule has 496 valence electrons. The summed E-state index contributed by atoms with van der Waals surface area (Å²) in [6.07, 6.45) is 93.4. The van der Waals surface area contributed by atoms with Gasteiger partial charge in [-0.05, 0) is 96.3 Å². The third kappa shape index (κ3) is 69.8. The van der Waals surface area contributed by atoms with Gasteiger partial charge in [0.15, 0.2) is 6.10 Å².